The maximum Gasteiger partial charge on any atom is 0.192 e. The summed E-state index contributed by atoms with van der Waals surface area (Å²) in [5.41, 5.74) is 0. The number of ether oxygens (including phenoxy) is 2. The third kappa shape index (κ3) is 5.74. The molecule has 0 aliphatic carbocycles. The highest BCUT2D eigenvalue weighted by Crippen LogP contribution is 2.36. The minimum Gasteiger partial charge on any atom is -0.409 e. The first kappa shape index (κ1) is 15.8. The van der Waals surface area contributed by atoms with Crippen molar-refractivity contribution in [2.45, 2.75) is 38.9 Å². The van der Waals surface area contributed by atoms with Crippen LogP contribution < -0.4 is 0 Å². The van der Waals surface area contributed by atoms with Crippen molar-refractivity contribution in [2.24, 2.45) is 0 Å². The van der Waals surface area contributed by atoms with Crippen LogP contribution in [0.2, 0.25) is 18.1 Å². The van der Waals surface area contributed by atoms with Crippen LogP contribution in [0.15, 0.2) is 0 Å². The second kappa shape index (κ2) is 6.49. The van der Waals surface area contributed by atoms with Gasteiger partial charge >= 0.3 is 0 Å². The molecule has 0 saturated carbocycles. The van der Waals surface area contributed by atoms with Gasteiger partial charge in [-0.15, -0.1) is 0 Å². The standard InChI is InChI=1S/C11H24O4Si/c1-11(2,3)16(5,6)15-8-10(12)7-14-9-13-4/h7-9H2,1-6H3. The van der Waals surface area contributed by atoms with Crippen LogP contribution in [-0.4, -0.2) is 41.2 Å². The molecule has 16 heavy (non-hydrogen) atoms. The first-order chi connectivity index (χ1) is 7.20. The van der Waals surface area contributed by atoms with Crippen LogP contribution in [0.4, 0.5) is 0 Å². The largest absolute Gasteiger partial charge is 0.409 e. The lowest BCUT2D eigenvalue weighted by atomic mass is 10.2. The van der Waals surface area contributed by atoms with Gasteiger partial charge in [0.15, 0.2) is 14.1 Å². The lowest BCUT2D eigenvalue weighted by Crippen LogP contribution is -2.42. The predicted molar refractivity (Wildman–Crippen MR) is 66.0 cm³/mol. The van der Waals surface area contributed by atoms with E-state index in [1.807, 2.05) is 0 Å². The molecular formula is C11H24O4Si. The molecule has 0 aromatic rings. The summed E-state index contributed by atoms with van der Waals surface area (Å²) in [6.07, 6.45) is 0. The van der Waals surface area contributed by atoms with E-state index in [2.05, 4.69) is 38.6 Å². The summed E-state index contributed by atoms with van der Waals surface area (Å²) in [6, 6.07) is 0. The summed E-state index contributed by atoms with van der Waals surface area (Å²) in [4.78, 5) is 11.4. The van der Waals surface area contributed by atoms with Crippen molar-refractivity contribution in [1.29, 1.82) is 0 Å². The molecule has 0 fully saturated rings. The van der Waals surface area contributed by atoms with Gasteiger partial charge in [-0.05, 0) is 18.1 Å². The Labute approximate surface area is 99.4 Å². The predicted octanol–water partition coefficient (Wildman–Crippen LogP) is 2.20. The van der Waals surface area contributed by atoms with Crippen molar-refractivity contribution in [3.63, 3.8) is 0 Å². The van der Waals surface area contributed by atoms with Crippen LogP contribution in [0, 0.1) is 0 Å². The molecule has 0 atom stereocenters. The Morgan fingerprint density at radius 1 is 1.19 bits per heavy atom. The van der Waals surface area contributed by atoms with Crippen LogP contribution in [0.25, 0.3) is 0 Å². The minimum atomic E-state index is -1.82. The summed E-state index contributed by atoms with van der Waals surface area (Å²) in [7, 11) is -0.298. The lowest BCUT2D eigenvalue weighted by Gasteiger charge is -2.35. The van der Waals surface area contributed by atoms with Crippen molar-refractivity contribution in [3.05, 3.63) is 0 Å². The fraction of sp³-hybridized carbons (Fsp3) is 0.909. The van der Waals surface area contributed by atoms with Gasteiger partial charge in [-0.2, -0.15) is 0 Å². The molecule has 96 valence electrons. The van der Waals surface area contributed by atoms with Gasteiger partial charge in [-0.1, -0.05) is 20.8 Å². The number of ketones is 1. The molecule has 5 heteroatoms. The van der Waals surface area contributed by atoms with E-state index in [1.165, 1.54) is 7.11 Å². The number of hydrogen-bond donors (Lipinski definition) is 0. The van der Waals surface area contributed by atoms with Crippen molar-refractivity contribution in [1.82, 2.24) is 0 Å². The van der Waals surface area contributed by atoms with Gasteiger partial charge in [0.2, 0.25) is 0 Å². The molecule has 0 aliphatic rings. The Kier molecular flexibility index (Phi) is 6.40. The third-order valence-electron chi connectivity index (χ3n) is 2.86. The van der Waals surface area contributed by atoms with Crippen molar-refractivity contribution in [3.8, 4) is 0 Å². The second-order valence-corrected chi connectivity index (χ2v) is 10.2. The van der Waals surface area contributed by atoms with Gasteiger partial charge in [0.1, 0.15) is 13.4 Å². The van der Waals surface area contributed by atoms with Crippen molar-refractivity contribution < 1.29 is 18.7 Å². The summed E-state index contributed by atoms with van der Waals surface area (Å²) in [5, 5.41) is 0.126. The molecule has 0 spiro atoms. The summed E-state index contributed by atoms with van der Waals surface area (Å²) in [6.45, 7) is 11.0. The molecule has 0 amide bonds. The molecule has 4 nitrogen and oxygen atoms in total. The van der Waals surface area contributed by atoms with Crippen LogP contribution >= 0.6 is 0 Å². The SMILES string of the molecule is COCOCC(=O)CO[Si](C)(C)C(C)(C)C. The monoisotopic (exact) mass is 248 g/mol. The average molecular weight is 248 g/mol. The second-order valence-electron chi connectivity index (χ2n) is 5.34. The van der Waals surface area contributed by atoms with Crippen LogP contribution in [0.3, 0.4) is 0 Å². The number of methoxy groups -OCH3 is 1. The van der Waals surface area contributed by atoms with E-state index >= 15 is 0 Å². The van der Waals surface area contributed by atoms with Gasteiger partial charge in [0, 0.05) is 7.11 Å². The van der Waals surface area contributed by atoms with E-state index in [1.54, 1.807) is 0 Å². The minimum absolute atomic E-state index is 0.0399. The Morgan fingerprint density at radius 2 is 1.75 bits per heavy atom. The van der Waals surface area contributed by atoms with Crippen molar-refractivity contribution in [2.75, 3.05) is 27.1 Å². The molecular weight excluding hydrogens is 224 g/mol. The number of carbonyl (C=O) groups is 1. The van der Waals surface area contributed by atoms with E-state index in [9.17, 15) is 4.79 Å². The van der Waals surface area contributed by atoms with Crippen molar-refractivity contribution >= 4 is 14.1 Å². The molecule has 0 heterocycles. The van der Waals surface area contributed by atoms with E-state index < -0.39 is 8.32 Å². The Hall–Kier alpha value is -0.233. The molecule has 0 radical (unpaired) electrons. The Balaban J connectivity index is 3.92. The number of carbonyl (C=O) groups excluding carboxylic acids is 1. The van der Waals surface area contributed by atoms with Gasteiger partial charge in [-0.3, -0.25) is 4.79 Å². The quantitative estimate of drug-likeness (QED) is 0.393. The van der Waals surface area contributed by atoms with Crippen LogP contribution in [-0.2, 0) is 18.7 Å². The summed E-state index contributed by atoms with van der Waals surface area (Å²) >= 11 is 0. The third-order valence-corrected chi connectivity index (χ3v) is 7.34. The Bertz CT molecular complexity index is 221. The highest BCUT2D eigenvalue weighted by Gasteiger charge is 2.37. The van der Waals surface area contributed by atoms with Gasteiger partial charge in [-0.25, -0.2) is 0 Å². The zero-order valence-corrected chi connectivity index (χ0v) is 12.3. The van der Waals surface area contributed by atoms with E-state index in [4.69, 9.17) is 9.16 Å². The highest BCUT2D eigenvalue weighted by atomic mass is 28.4. The summed E-state index contributed by atoms with van der Waals surface area (Å²) < 4.78 is 15.4. The molecule has 0 aromatic carbocycles. The van der Waals surface area contributed by atoms with E-state index in [0.717, 1.165) is 0 Å². The maximum atomic E-state index is 11.4. The molecule has 0 aromatic heterocycles. The first-order valence-electron chi connectivity index (χ1n) is 5.43. The molecule has 0 aliphatic heterocycles. The molecule has 0 bridgehead atoms. The van der Waals surface area contributed by atoms with Crippen LogP contribution in [0.1, 0.15) is 20.8 Å². The normalized spacial score (nSPS) is 12.9. The fourth-order valence-corrected chi connectivity index (χ4v) is 1.71. The van der Waals surface area contributed by atoms with E-state index in [-0.39, 0.29) is 30.8 Å². The highest BCUT2D eigenvalue weighted by molar-refractivity contribution is 6.74. The number of hydrogen-bond acceptors (Lipinski definition) is 4. The number of Topliss-reactive ketones (excluding diaryl/α,β-unsaturated/α-hetero) is 1. The Morgan fingerprint density at radius 3 is 2.19 bits per heavy atom. The van der Waals surface area contributed by atoms with Gasteiger partial charge in [0.25, 0.3) is 0 Å². The molecule has 0 saturated heterocycles. The zero-order valence-electron chi connectivity index (χ0n) is 11.3. The lowest BCUT2D eigenvalue weighted by molar-refractivity contribution is -0.130. The maximum absolute atomic E-state index is 11.4. The molecule has 0 rings (SSSR count). The number of rotatable bonds is 7. The topological polar surface area (TPSA) is 44.8 Å². The summed E-state index contributed by atoms with van der Waals surface area (Å²) in [5.74, 6) is -0.0399. The van der Waals surface area contributed by atoms with Crippen LogP contribution in [0.5, 0.6) is 0 Å². The fourth-order valence-electron chi connectivity index (χ4n) is 0.758. The molecule has 0 unspecified atom stereocenters. The van der Waals surface area contributed by atoms with Gasteiger partial charge in [0.05, 0.1) is 6.61 Å². The first-order valence-corrected chi connectivity index (χ1v) is 8.34. The smallest absolute Gasteiger partial charge is 0.192 e. The zero-order chi connectivity index (χ0) is 12.8. The van der Waals surface area contributed by atoms with E-state index in [0.29, 0.717) is 0 Å². The van der Waals surface area contributed by atoms with Gasteiger partial charge < -0.3 is 13.9 Å². The molecule has 0 N–H and O–H groups in total. The average Bonchev–Trinajstić information content (AvgIpc) is 2.13.